The summed E-state index contributed by atoms with van der Waals surface area (Å²) < 4.78 is 17.8. The van der Waals surface area contributed by atoms with E-state index < -0.39 is 17.7 Å². The molecule has 1 aromatic heterocycles. The van der Waals surface area contributed by atoms with Crippen molar-refractivity contribution in [2.75, 3.05) is 50.8 Å². The van der Waals surface area contributed by atoms with Crippen molar-refractivity contribution >= 4 is 18.0 Å². The fourth-order valence-electron chi connectivity index (χ4n) is 7.10. The molecule has 3 fully saturated rings. The third-order valence-corrected chi connectivity index (χ3v) is 9.72. The Balaban J connectivity index is 1.23. The van der Waals surface area contributed by atoms with Gasteiger partial charge in [0, 0.05) is 37.2 Å². The number of hydrogen-bond donors (Lipinski definition) is 0. The summed E-state index contributed by atoms with van der Waals surface area (Å²) >= 11 is 0. The first kappa shape index (κ1) is 33.8. The maximum absolute atomic E-state index is 13.4. The van der Waals surface area contributed by atoms with Gasteiger partial charge in [-0.1, -0.05) is 30.3 Å². The summed E-state index contributed by atoms with van der Waals surface area (Å²) in [7, 11) is 0. The van der Waals surface area contributed by atoms with Gasteiger partial charge in [0.1, 0.15) is 18.0 Å². The molecule has 0 unspecified atom stereocenters. The Morgan fingerprint density at radius 1 is 1.04 bits per heavy atom. The van der Waals surface area contributed by atoms with Crippen molar-refractivity contribution in [2.24, 2.45) is 5.41 Å². The number of likely N-dealkylation sites (tertiary alicyclic amines) is 1. The number of carbonyl (C=O) groups is 2. The van der Waals surface area contributed by atoms with Crippen molar-refractivity contribution in [1.29, 1.82) is 5.26 Å². The number of fused-ring (bicyclic) bond motifs is 1. The summed E-state index contributed by atoms with van der Waals surface area (Å²) in [4.78, 5) is 44.4. The predicted molar refractivity (Wildman–Crippen MR) is 179 cm³/mol. The lowest BCUT2D eigenvalue weighted by Gasteiger charge is -2.45. The molecule has 6 rings (SSSR count). The molecule has 48 heavy (non-hydrogen) atoms. The molecule has 2 aromatic rings. The number of aromatic nitrogens is 2. The average Bonchev–Trinajstić information content (AvgIpc) is 3.62. The first-order valence-corrected chi connectivity index (χ1v) is 17.4. The van der Waals surface area contributed by atoms with E-state index in [0.29, 0.717) is 38.7 Å². The van der Waals surface area contributed by atoms with Crippen LogP contribution in [0.15, 0.2) is 30.3 Å². The van der Waals surface area contributed by atoms with Crippen LogP contribution in [-0.2, 0) is 29.0 Å². The van der Waals surface area contributed by atoms with Gasteiger partial charge in [-0.05, 0) is 78.5 Å². The highest BCUT2D eigenvalue weighted by atomic mass is 16.6. The molecule has 3 aliphatic heterocycles. The number of carbonyl (C=O) groups excluding carboxylic acids is 2. The van der Waals surface area contributed by atoms with Crippen LogP contribution in [0.4, 0.5) is 15.4 Å². The molecule has 4 heterocycles. The second-order valence-electron chi connectivity index (χ2n) is 14.9. The Bertz CT molecular complexity index is 1500. The molecule has 1 saturated carbocycles. The number of hydrogen-bond acceptors (Lipinski definition) is 10. The predicted octanol–water partition coefficient (Wildman–Crippen LogP) is 5.15. The maximum Gasteiger partial charge on any atom is 0.410 e. The van der Waals surface area contributed by atoms with Crippen molar-refractivity contribution in [1.82, 2.24) is 24.7 Å². The molecule has 12 heteroatoms. The second kappa shape index (κ2) is 14.2. The minimum Gasteiger partial charge on any atom is -0.463 e. The first-order chi connectivity index (χ1) is 23.0. The van der Waals surface area contributed by atoms with Gasteiger partial charge < -0.3 is 28.9 Å². The van der Waals surface area contributed by atoms with Gasteiger partial charge in [0.05, 0.1) is 43.4 Å². The van der Waals surface area contributed by atoms with Crippen LogP contribution in [0.25, 0.3) is 0 Å². The minimum absolute atomic E-state index is 0.129. The lowest BCUT2D eigenvalue weighted by Crippen LogP contribution is -2.60. The minimum atomic E-state index is -0.607. The van der Waals surface area contributed by atoms with Crippen LogP contribution < -0.4 is 9.64 Å². The van der Waals surface area contributed by atoms with Crippen molar-refractivity contribution < 1.29 is 23.8 Å². The molecule has 4 aliphatic rings. The summed E-state index contributed by atoms with van der Waals surface area (Å²) in [6.07, 6.45) is 4.68. The lowest BCUT2D eigenvalue weighted by atomic mass is 10.0. The highest BCUT2D eigenvalue weighted by molar-refractivity contribution is 5.70. The Morgan fingerprint density at radius 3 is 2.48 bits per heavy atom. The van der Waals surface area contributed by atoms with Crippen LogP contribution in [0.1, 0.15) is 76.6 Å². The highest BCUT2D eigenvalue weighted by Gasteiger charge is 2.45. The van der Waals surface area contributed by atoms with E-state index in [9.17, 15) is 14.9 Å². The van der Waals surface area contributed by atoms with Gasteiger partial charge in [-0.3, -0.25) is 4.90 Å². The average molecular weight is 660 g/mol. The van der Waals surface area contributed by atoms with Crippen molar-refractivity contribution in [3.63, 3.8) is 0 Å². The zero-order valence-corrected chi connectivity index (χ0v) is 28.8. The summed E-state index contributed by atoms with van der Waals surface area (Å²) in [5, 5.41) is 9.78. The molecular formula is C36H49N7O5. The van der Waals surface area contributed by atoms with E-state index in [2.05, 4.69) is 15.9 Å². The van der Waals surface area contributed by atoms with E-state index in [1.807, 2.05) is 58.0 Å². The Labute approximate surface area is 283 Å². The number of benzene rings is 1. The van der Waals surface area contributed by atoms with Gasteiger partial charge in [-0.15, -0.1) is 0 Å². The van der Waals surface area contributed by atoms with Gasteiger partial charge in [-0.25, -0.2) is 9.59 Å². The fraction of sp³-hybridized carbons (Fsp3) is 0.639. The van der Waals surface area contributed by atoms with Gasteiger partial charge in [0.2, 0.25) is 0 Å². The number of anilines is 1. The highest BCUT2D eigenvalue weighted by Crippen LogP contribution is 2.47. The van der Waals surface area contributed by atoms with Crippen LogP contribution in [0.2, 0.25) is 0 Å². The van der Waals surface area contributed by atoms with E-state index in [1.165, 1.54) is 12.8 Å². The molecule has 258 valence electrons. The lowest BCUT2D eigenvalue weighted by molar-refractivity contribution is 0.0220. The van der Waals surface area contributed by atoms with Gasteiger partial charge >= 0.3 is 18.2 Å². The van der Waals surface area contributed by atoms with Crippen molar-refractivity contribution in [3.05, 3.63) is 47.2 Å². The molecule has 12 nitrogen and oxygen atoms in total. The second-order valence-corrected chi connectivity index (χ2v) is 14.9. The fourth-order valence-corrected chi connectivity index (χ4v) is 7.10. The largest absolute Gasteiger partial charge is 0.463 e. The third kappa shape index (κ3) is 8.12. The zero-order chi connectivity index (χ0) is 33.9. The maximum atomic E-state index is 13.4. The standard InChI is InChI=1S/C36H49N7O5/c1-26-20-42(21-28(12-16-37)43(26)34(45)46-23-27-10-6-5-7-11-27)31-29-13-19-41(33(44)48-35(2,3)4)22-30(29)38-32(39-31)47-25-36(14-15-36)24-40-17-8-9-18-40/h5-7,10-11,26,28H,8-9,12-15,17-25H2,1-4H3/t26-,28-/m0/s1. The molecule has 0 bridgehead atoms. The zero-order valence-electron chi connectivity index (χ0n) is 28.8. The van der Waals surface area contributed by atoms with E-state index in [0.717, 1.165) is 55.1 Å². The summed E-state index contributed by atoms with van der Waals surface area (Å²) in [6, 6.07) is 11.5. The van der Waals surface area contributed by atoms with Crippen LogP contribution in [-0.4, -0.2) is 100 Å². The Hall–Kier alpha value is -4.11. The summed E-state index contributed by atoms with van der Waals surface area (Å²) in [5.74, 6) is 0.746. The number of ether oxygens (including phenoxy) is 3. The summed E-state index contributed by atoms with van der Waals surface area (Å²) in [5.41, 5.74) is 2.13. The normalized spacial score (nSPS) is 22.1. The number of rotatable bonds is 9. The SMILES string of the molecule is C[C@H]1CN(c2nc(OCC3(CN4CCCC4)CC3)nc3c2CCN(C(=O)OC(C)(C)C)C3)C[C@H](CC#N)N1C(=O)OCc1ccccc1. The van der Waals surface area contributed by atoms with E-state index in [-0.39, 0.29) is 37.1 Å². The van der Waals surface area contributed by atoms with Crippen LogP contribution in [0.5, 0.6) is 6.01 Å². The molecule has 0 spiro atoms. The van der Waals surface area contributed by atoms with Gasteiger partial charge in [-0.2, -0.15) is 15.2 Å². The topological polar surface area (TPSA) is 124 Å². The quantitative estimate of drug-likeness (QED) is 0.357. The Morgan fingerprint density at radius 2 is 1.79 bits per heavy atom. The number of nitrogens with zero attached hydrogens (tertiary/aromatic N) is 7. The number of nitriles is 1. The molecular weight excluding hydrogens is 610 g/mol. The molecule has 0 radical (unpaired) electrons. The smallest absolute Gasteiger partial charge is 0.410 e. The van der Waals surface area contributed by atoms with Crippen LogP contribution in [0, 0.1) is 16.7 Å². The molecule has 1 aromatic carbocycles. The van der Waals surface area contributed by atoms with Gasteiger partial charge in [0.15, 0.2) is 0 Å². The molecule has 1 aliphatic carbocycles. The van der Waals surface area contributed by atoms with E-state index in [4.69, 9.17) is 24.2 Å². The molecule has 0 N–H and O–H groups in total. The van der Waals surface area contributed by atoms with E-state index in [1.54, 1.807) is 9.80 Å². The monoisotopic (exact) mass is 659 g/mol. The van der Waals surface area contributed by atoms with Crippen molar-refractivity contribution in [3.8, 4) is 12.1 Å². The van der Waals surface area contributed by atoms with Crippen molar-refractivity contribution in [2.45, 2.75) is 97.1 Å². The molecule has 2 atom stereocenters. The number of amides is 2. The van der Waals surface area contributed by atoms with Gasteiger partial charge in [0.25, 0.3) is 0 Å². The first-order valence-electron chi connectivity index (χ1n) is 17.4. The summed E-state index contributed by atoms with van der Waals surface area (Å²) in [6.45, 7) is 13.3. The third-order valence-electron chi connectivity index (χ3n) is 9.72. The Kier molecular flexibility index (Phi) is 9.97. The molecule has 2 amide bonds. The van der Waals surface area contributed by atoms with Crippen LogP contribution >= 0.6 is 0 Å². The van der Waals surface area contributed by atoms with Crippen LogP contribution in [0.3, 0.4) is 0 Å². The molecule has 2 saturated heterocycles. The van der Waals surface area contributed by atoms with E-state index >= 15 is 0 Å². The number of piperazine rings is 1.